The number of aromatic nitrogens is 3. The van der Waals surface area contributed by atoms with Crippen LogP contribution in [0.5, 0.6) is 0 Å². The van der Waals surface area contributed by atoms with Gasteiger partial charge in [0.25, 0.3) is 0 Å². The first-order chi connectivity index (χ1) is 13.7. The summed E-state index contributed by atoms with van der Waals surface area (Å²) >= 11 is 1.15. The van der Waals surface area contributed by atoms with E-state index < -0.39 is 21.4 Å². The molecule has 150 valence electrons. The molecule has 11 heteroatoms. The fourth-order valence-corrected chi connectivity index (χ4v) is 5.77. The molecule has 1 atom stereocenters. The Labute approximate surface area is 171 Å². The van der Waals surface area contributed by atoms with Crippen molar-refractivity contribution in [2.24, 2.45) is 10.7 Å². The van der Waals surface area contributed by atoms with Crippen molar-refractivity contribution in [3.8, 4) is 21.7 Å². The molecule has 0 saturated carbocycles. The second-order valence-corrected chi connectivity index (χ2v) is 9.86. The summed E-state index contributed by atoms with van der Waals surface area (Å²) < 4.78 is 40.6. The van der Waals surface area contributed by atoms with E-state index in [-0.39, 0.29) is 16.6 Å². The summed E-state index contributed by atoms with van der Waals surface area (Å²) in [4.78, 5) is 17.4. The third-order valence-electron chi connectivity index (χ3n) is 4.64. The van der Waals surface area contributed by atoms with Gasteiger partial charge in [0.15, 0.2) is 0 Å². The highest BCUT2D eigenvalue weighted by molar-refractivity contribution is 7.89. The molecule has 0 amide bonds. The van der Waals surface area contributed by atoms with Crippen LogP contribution in [0.15, 0.2) is 48.1 Å². The van der Waals surface area contributed by atoms with Crippen LogP contribution >= 0.6 is 11.3 Å². The van der Waals surface area contributed by atoms with E-state index in [1.807, 2.05) is 0 Å². The quantitative estimate of drug-likeness (QED) is 0.679. The molecule has 4 heterocycles. The van der Waals surface area contributed by atoms with Crippen LogP contribution in [0.3, 0.4) is 0 Å². The van der Waals surface area contributed by atoms with Crippen molar-refractivity contribution in [1.82, 2.24) is 19.3 Å². The van der Waals surface area contributed by atoms with Gasteiger partial charge in [0, 0.05) is 36.1 Å². The van der Waals surface area contributed by atoms with Crippen molar-refractivity contribution >= 4 is 27.3 Å². The van der Waals surface area contributed by atoms with E-state index in [1.165, 1.54) is 19.4 Å². The Morgan fingerprint density at radius 1 is 1.24 bits per heavy atom. The Bertz CT molecular complexity index is 1210. The summed E-state index contributed by atoms with van der Waals surface area (Å²) in [6, 6.07) is 4.94. The molecule has 1 aliphatic heterocycles. The second kappa shape index (κ2) is 6.85. The molecule has 0 bridgehead atoms. The molecular formula is C18H17FN6O2S2. The first kappa shape index (κ1) is 19.4. The number of aliphatic imine (C=N–C) groups is 1. The lowest BCUT2D eigenvalue weighted by Gasteiger charge is -2.33. The molecule has 0 unspecified atom stereocenters. The van der Waals surface area contributed by atoms with Gasteiger partial charge in [0.05, 0.1) is 16.3 Å². The largest absolute Gasteiger partial charge is 0.369 e. The van der Waals surface area contributed by atoms with Gasteiger partial charge in [-0.2, -0.15) is 0 Å². The van der Waals surface area contributed by atoms with Crippen LogP contribution in [-0.2, 0) is 15.6 Å². The molecule has 0 aliphatic carbocycles. The highest BCUT2D eigenvalue weighted by Gasteiger charge is 2.42. The van der Waals surface area contributed by atoms with Gasteiger partial charge in [-0.1, -0.05) is 0 Å². The average Bonchev–Trinajstić information content (AvgIpc) is 3.09. The molecule has 2 N–H and O–H groups in total. The Kier molecular flexibility index (Phi) is 4.58. The fourth-order valence-electron chi connectivity index (χ4n) is 3.12. The predicted octanol–water partition coefficient (Wildman–Crippen LogP) is 2.21. The van der Waals surface area contributed by atoms with Crippen LogP contribution in [0.4, 0.5) is 4.39 Å². The van der Waals surface area contributed by atoms with Crippen LogP contribution in [0.25, 0.3) is 21.7 Å². The smallest absolute Gasteiger partial charge is 0.239 e. The van der Waals surface area contributed by atoms with E-state index in [0.29, 0.717) is 10.6 Å². The van der Waals surface area contributed by atoms with Crippen molar-refractivity contribution in [2.75, 3.05) is 12.8 Å². The van der Waals surface area contributed by atoms with Gasteiger partial charge in [0.2, 0.25) is 16.0 Å². The maximum absolute atomic E-state index is 14.9. The number of nitrogens with zero attached hydrogens (tertiary/aromatic N) is 5. The lowest BCUT2D eigenvalue weighted by Crippen LogP contribution is -2.50. The first-order valence-electron chi connectivity index (χ1n) is 8.53. The standard InChI is InChI=1S/C18H17FN6O2S2/c1-18(9-29(26,27)25(2)17(20)24-18)16-13(19)6-15(28-16)11-3-4-23-14(5-11)12-7-21-10-22-8-12/h3-8,10H,9H2,1-2H3,(H2,20,24)/t18-/m0/s1. The van der Waals surface area contributed by atoms with Crippen molar-refractivity contribution in [3.05, 3.63) is 53.8 Å². The molecule has 29 heavy (non-hydrogen) atoms. The number of halogens is 1. The number of hydrogen-bond donors (Lipinski definition) is 1. The van der Waals surface area contributed by atoms with Crippen LogP contribution in [0.2, 0.25) is 0 Å². The minimum Gasteiger partial charge on any atom is -0.369 e. The number of hydrogen-bond acceptors (Lipinski definition) is 8. The zero-order valence-corrected chi connectivity index (χ0v) is 17.2. The number of nitrogens with two attached hydrogens (primary N) is 1. The number of pyridine rings is 1. The van der Waals surface area contributed by atoms with Gasteiger partial charge in [0.1, 0.15) is 17.7 Å². The maximum atomic E-state index is 14.9. The van der Waals surface area contributed by atoms with Crippen molar-refractivity contribution < 1.29 is 12.8 Å². The molecule has 3 aromatic rings. The molecule has 1 aliphatic rings. The lowest BCUT2D eigenvalue weighted by molar-refractivity contribution is 0.466. The molecule has 4 rings (SSSR count). The molecular weight excluding hydrogens is 415 g/mol. The predicted molar refractivity (Wildman–Crippen MR) is 109 cm³/mol. The monoisotopic (exact) mass is 432 g/mol. The molecule has 0 saturated heterocycles. The molecule has 0 spiro atoms. The summed E-state index contributed by atoms with van der Waals surface area (Å²) in [6.45, 7) is 1.57. The molecule has 0 aromatic carbocycles. The van der Waals surface area contributed by atoms with Gasteiger partial charge in [-0.25, -0.2) is 32.1 Å². The molecule has 8 nitrogen and oxygen atoms in total. The number of rotatable bonds is 3. The SMILES string of the molecule is CN1C(N)=N[C@](C)(c2sc(-c3ccnc(-c4cncnc4)c3)cc2F)CS1(=O)=O. The Morgan fingerprint density at radius 2 is 1.97 bits per heavy atom. The van der Waals surface area contributed by atoms with Crippen molar-refractivity contribution in [2.45, 2.75) is 12.5 Å². The van der Waals surface area contributed by atoms with E-state index in [1.54, 1.807) is 37.6 Å². The van der Waals surface area contributed by atoms with Gasteiger partial charge in [-0.3, -0.25) is 4.98 Å². The third kappa shape index (κ3) is 3.47. The van der Waals surface area contributed by atoms with Gasteiger partial charge in [-0.05, 0) is 30.7 Å². The van der Waals surface area contributed by atoms with Crippen LogP contribution in [-0.4, -0.2) is 46.4 Å². The van der Waals surface area contributed by atoms with E-state index in [4.69, 9.17) is 5.73 Å². The van der Waals surface area contributed by atoms with Crippen molar-refractivity contribution in [1.29, 1.82) is 0 Å². The van der Waals surface area contributed by atoms with E-state index in [2.05, 4.69) is 19.9 Å². The summed E-state index contributed by atoms with van der Waals surface area (Å²) in [5.41, 5.74) is 6.60. The summed E-state index contributed by atoms with van der Waals surface area (Å²) in [7, 11) is -2.36. The lowest BCUT2D eigenvalue weighted by atomic mass is 10.0. The van der Waals surface area contributed by atoms with E-state index in [0.717, 1.165) is 26.8 Å². The second-order valence-electron chi connectivity index (χ2n) is 6.81. The third-order valence-corrected chi connectivity index (χ3v) is 8.00. The first-order valence-corrected chi connectivity index (χ1v) is 11.0. The number of guanidine groups is 1. The summed E-state index contributed by atoms with van der Waals surface area (Å²) in [5.74, 6) is -1.05. The van der Waals surface area contributed by atoms with E-state index >= 15 is 0 Å². The summed E-state index contributed by atoms with van der Waals surface area (Å²) in [5, 5.41) is 0. The van der Waals surface area contributed by atoms with Gasteiger partial charge >= 0.3 is 0 Å². The minimum absolute atomic E-state index is 0.164. The number of thiophene rings is 1. The highest BCUT2D eigenvalue weighted by Crippen LogP contribution is 2.41. The van der Waals surface area contributed by atoms with Gasteiger partial charge in [-0.15, -0.1) is 11.3 Å². The van der Waals surface area contributed by atoms with Crippen LogP contribution in [0, 0.1) is 5.82 Å². The molecule has 0 fully saturated rings. The van der Waals surface area contributed by atoms with Crippen LogP contribution in [0.1, 0.15) is 11.8 Å². The highest BCUT2D eigenvalue weighted by atomic mass is 32.2. The van der Waals surface area contributed by atoms with Crippen molar-refractivity contribution in [3.63, 3.8) is 0 Å². The Balaban J connectivity index is 1.77. The van der Waals surface area contributed by atoms with Crippen LogP contribution < -0.4 is 5.73 Å². The van der Waals surface area contributed by atoms with Gasteiger partial charge < -0.3 is 5.73 Å². The average molecular weight is 433 g/mol. The fraction of sp³-hybridized carbons (Fsp3) is 0.222. The topological polar surface area (TPSA) is 114 Å². The zero-order chi connectivity index (χ0) is 20.8. The number of sulfonamides is 1. The van der Waals surface area contributed by atoms with E-state index in [9.17, 15) is 12.8 Å². The zero-order valence-electron chi connectivity index (χ0n) is 15.6. The molecule has 0 radical (unpaired) electrons. The molecule has 3 aromatic heterocycles. The Morgan fingerprint density at radius 3 is 2.66 bits per heavy atom. The Hall–Kier alpha value is -2.92. The summed E-state index contributed by atoms with van der Waals surface area (Å²) in [6.07, 6.45) is 6.33. The minimum atomic E-state index is -3.69. The normalized spacial score (nSPS) is 21.1. The maximum Gasteiger partial charge on any atom is 0.239 e.